The van der Waals surface area contributed by atoms with Crippen LogP contribution in [0.5, 0.6) is 0 Å². The number of nitrogens with zero attached hydrogens (tertiary/aromatic N) is 2. The normalized spacial score (nSPS) is 20.0. The molecule has 0 N–H and O–H groups in total. The van der Waals surface area contributed by atoms with Crippen molar-refractivity contribution in [2.24, 2.45) is 0 Å². The molecule has 0 amide bonds. The summed E-state index contributed by atoms with van der Waals surface area (Å²) >= 11 is 1.28. The van der Waals surface area contributed by atoms with Crippen LogP contribution in [0.4, 0.5) is 0 Å². The summed E-state index contributed by atoms with van der Waals surface area (Å²) < 4.78 is 32.4. The molecule has 2 heterocycles. The van der Waals surface area contributed by atoms with E-state index in [-0.39, 0.29) is 5.54 Å². The Hall–Kier alpha value is -0.470. The van der Waals surface area contributed by atoms with E-state index < -0.39 is 10.0 Å². The quantitative estimate of drug-likeness (QED) is 0.798. The van der Waals surface area contributed by atoms with Crippen molar-refractivity contribution in [3.63, 3.8) is 0 Å². The number of ether oxygens (including phenoxy) is 1. The number of methoxy groups -OCH3 is 1. The van der Waals surface area contributed by atoms with Gasteiger partial charge in [-0.15, -0.1) is 11.3 Å². The third-order valence-electron chi connectivity index (χ3n) is 4.46. The summed E-state index contributed by atoms with van der Waals surface area (Å²) in [5.74, 6) is 0. The van der Waals surface area contributed by atoms with Gasteiger partial charge in [0.25, 0.3) is 10.0 Å². The maximum Gasteiger partial charge on any atom is 0.252 e. The monoisotopic (exact) mass is 332 g/mol. The SMILES string of the molecule is COCCC1(N(C)C)CCN(S(=O)(=O)c2cccs2)CC1. The van der Waals surface area contributed by atoms with Crippen molar-refractivity contribution in [3.8, 4) is 0 Å². The summed E-state index contributed by atoms with van der Waals surface area (Å²) in [4.78, 5) is 2.22. The van der Waals surface area contributed by atoms with Crippen LogP contribution in [-0.2, 0) is 14.8 Å². The molecule has 0 atom stereocenters. The summed E-state index contributed by atoms with van der Waals surface area (Å²) in [6.07, 6.45) is 2.62. The van der Waals surface area contributed by atoms with Gasteiger partial charge in [0.2, 0.25) is 0 Å². The average molecular weight is 332 g/mol. The molecule has 1 aliphatic heterocycles. The van der Waals surface area contributed by atoms with Gasteiger partial charge in [-0.3, -0.25) is 0 Å². The van der Waals surface area contributed by atoms with Crippen molar-refractivity contribution in [2.45, 2.75) is 29.0 Å². The molecule has 5 nitrogen and oxygen atoms in total. The number of hydrogen-bond acceptors (Lipinski definition) is 5. The first-order valence-electron chi connectivity index (χ1n) is 7.12. The number of thiophene rings is 1. The summed E-state index contributed by atoms with van der Waals surface area (Å²) in [7, 11) is 2.53. The third kappa shape index (κ3) is 3.48. The molecule has 0 saturated carbocycles. The molecule has 0 radical (unpaired) electrons. The van der Waals surface area contributed by atoms with E-state index in [0.717, 1.165) is 19.3 Å². The zero-order valence-corrected chi connectivity index (χ0v) is 14.5. The number of rotatable bonds is 6. The van der Waals surface area contributed by atoms with Gasteiger partial charge in [-0.05, 0) is 44.8 Å². The molecule has 1 aliphatic rings. The largest absolute Gasteiger partial charge is 0.385 e. The highest BCUT2D eigenvalue weighted by atomic mass is 32.2. The number of sulfonamides is 1. The lowest BCUT2D eigenvalue weighted by Crippen LogP contribution is -2.54. The van der Waals surface area contributed by atoms with Gasteiger partial charge in [0.1, 0.15) is 4.21 Å². The van der Waals surface area contributed by atoms with Gasteiger partial charge < -0.3 is 9.64 Å². The van der Waals surface area contributed by atoms with Crippen molar-refractivity contribution < 1.29 is 13.2 Å². The number of piperidine rings is 1. The average Bonchev–Trinajstić information content (AvgIpc) is 3.00. The summed E-state index contributed by atoms with van der Waals surface area (Å²) in [5, 5.41) is 1.81. The minimum atomic E-state index is -3.31. The third-order valence-corrected chi connectivity index (χ3v) is 7.73. The smallest absolute Gasteiger partial charge is 0.252 e. The molecular weight excluding hydrogens is 308 g/mol. The van der Waals surface area contributed by atoms with Gasteiger partial charge in [-0.2, -0.15) is 4.31 Å². The lowest BCUT2D eigenvalue weighted by Gasteiger charge is -2.45. The molecule has 0 aromatic carbocycles. The zero-order chi connectivity index (χ0) is 15.5. The molecule has 0 unspecified atom stereocenters. The van der Waals surface area contributed by atoms with Crippen LogP contribution in [0.15, 0.2) is 21.7 Å². The van der Waals surface area contributed by atoms with Crippen molar-refractivity contribution in [1.82, 2.24) is 9.21 Å². The predicted octanol–water partition coefficient (Wildman–Crippen LogP) is 1.87. The van der Waals surface area contributed by atoms with Crippen LogP contribution >= 0.6 is 11.3 Å². The topological polar surface area (TPSA) is 49.9 Å². The molecule has 1 fully saturated rings. The van der Waals surface area contributed by atoms with Gasteiger partial charge in [0.15, 0.2) is 0 Å². The Bertz CT molecular complexity index is 533. The Kier molecular flexibility index (Phi) is 5.43. The highest BCUT2D eigenvalue weighted by molar-refractivity contribution is 7.91. The van der Waals surface area contributed by atoms with Crippen molar-refractivity contribution in [3.05, 3.63) is 17.5 Å². The van der Waals surface area contributed by atoms with Crippen LogP contribution in [0.3, 0.4) is 0 Å². The van der Waals surface area contributed by atoms with E-state index in [4.69, 9.17) is 4.74 Å². The second-order valence-corrected chi connectivity index (χ2v) is 8.81. The maximum absolute atomic E-state index is 12.5. The fourth-order valence-corrected chi connectivity index (χ4v) is 5.48. The van der Waals surface area contributed by atoms with Crippen molar-refractivity contribution in [2.75, 3.05) is 40.9 Å². The lowest BCUT2D eigenvalue weighted by atomic mass is 9.84. The molecule has 120 valence electrons. The second-order valence-electron chi connectivity index (χ2n) is 5.70. The molecule has 0 bridgehead atoms. The van der Waals surface area contributed by atoms with Crippen LogP contribution in [-0.4, -0.2) is 64.1 Å². The van der Waals surface area contributed by atoms with Crippen LogP contribution < -0.4 is 0 Å². The van der Waals surface area contributed by atoms with Crippen LogP contribution in [0.2, 0.25) is 0 Å². The Morgan fingerprint density at radius 2 is 2.05 bits per heavy atom. The lowest BCUT2D eigenvalue weighted by molar-refractivity contribution is 0.0467. The molecule has 7 heteroatoms. The molecule has 1 aromatic heterocycles. The first kappa shape index (κ1) is 16.9. The highest BCUT2D eigenvalue weighted by Gasteiger charge is 2.39. The zero-order valence-electron chi connectivity index (χ0n) is 12.9. The van der Waals surface area contributed by atoms with Crippen molar-refractivity contribution >= 4 is 21.4 Å². The highest BCUT2D eigenvalue weighted by Crippen LogP contribution is 2.33. The Labute approximate surface area is 131 Å². The molecule has 1 aromatic rings. The fraction of sp³-hybridized carbons (Fsp3) is 0.714. The molecule has 21 heavy (non-hydrogen) atoms. The number of hydrogen-bond donors (Lipinski definition) is 0. The predicted molar refractivity (Wildman–Crippen MR) is 85.2 cm³/mol. The van der Waals surface area contributed by atoms with Gasteiger partial charge in [-0.25, -0.2) is 8.42 Å². The molecule has 0 spiro atoms. The summed E-state index contributed by atoms with van der Waals surface area (Å²) in [6, 6.07) is 3.46. The maximum atomic E-state index is 12.5. The molecule has 0 aliphatic carbocycles. The van der Waals surface area contributed by atoms with E-state index >= 15 is 0 Å². The van der Waals surface area contributed by atoms with Gasteiger partial charge >= 0.3 is 0 Å². The fourth-order valence-electron chi connectivity index (χ4n) is 2.89. The standard InChI is InChI=1S/C14H24N2O3S2/c1-15(2)14(8-11-19-3)6-9-16(10-7-14)21(17,18)13-5-4-12-20-13/h4-5,12H,6-11H2,1-3H3. The molecule has 2 rings (SSSR count). The van der Waals surface area contributed by atoms with E-state index in [1.54, 1.807) is 28.9 Å². The summed E-state index contributed by atoms with van der Waals surface area (Å²) in [5.41, 5.74) is 0.0392. The van der Waals surface area contributed by atoms with E-state index in [1.165, 1.54) is 11.3 Å². The Morgan fingerprint density at radius 1 is 1.38 bits per heavy atom. The minimum Gasteiger partial charge on any atom is -0.385 e. The van der Waals surface area contributed by atoms with Crippen molar-refractivity contribution in [1.29, 1.82) is 0 Å². The van der Waals surface area contributed by atoms with Crippen LogP contribution in [0.25, 0.3) is 0 Å². The molecule has 1 saturated heterocycles. The van der Waals surface area contributed by atoms with E-state index in [1.807, 2.05) is 0 Å². The van der Waals surface area contributed by atoms with E-state index in [9.17, 15) is 8.42 Å². The Balaban J connectivity index is 2.08. The van der Waals surface area contributed by atoms with Gasteiger partial charge in [-0.1, -0.05) is 6.07 Å². The second kappa shape index (κ2) is 6.75. The Morgan fingerprint density at radius 3 is 2.52 bits per heavy atom. The molecular formula is C14H24N2O3S2. The van der Waals surface area contributed by atoms with Crippen LogP contribution in [0.1, 0.15) is 19.3 Å². The van der Waals surface area contributed by atoms with Gasteiger partial charge in [0.05, 0.1) is 0 Å². The first-order valence-corrected chi connectivity index (χ1v) is 9.44. The van der Waals surface area contributed by atoms with Crippen LogP contribution in [0, 0.1) is 0 Å². The minimum absolute atomic E-state index is 0.0392. The first-order chi connectivity index (χ1) is 9.92. The van der Waals surface area contributed by atoms with E-state index in [2.05, 4.69) is 19.0 Å². The van der Waals surface area contributed by atoms with Gasteiger partial charge in [0, 0.05) is 32.3 Å². The van der Waals surface area contributed by atoms with E-state index in [0.29, 0.717) is 23.9 Å². The summed E-state index contributed by atoms with van der Waals surface area (Å²) in [6.45, 7) is 1.85.